The van der Waals surface area contributed by atoms with Crippen LogP contribution in [0.15, 0.2) is 53.4 Å². The van der Waals surface area contributed by atoms with Crippen LogP contribution in [0, 0.1) is 5.82 Å². The number of amides is 2. The Morgan fingerprint density at radius 3 is 2.64 bits per heavy atom. The number of thioether (sulfide) groups is 1. The maximum Gasteiger partial charge on any atom is 0.250 e. The molecule has 0 aromatic heterocycles. The van der Waals surface area contributed by atoms with Gasteiger partial charge in [0.25, 0.3) is 0 Å². The van der Waals surface area contributed by atoms with Gasteiger partial charge in [0.15, 0.2) is 4.75 Å². The minimum absolute atomic E-state index is 0.157. The van der Waals surface area contributed by atoms with Crippen LogP contribution in [0.1, 0.15) is 12.5 Å². The molecule has 2 aromatic rings. The van der Waals surface area contributed by atoms with Gasteiger partial charge in [0.2, 0.25) is 11.8 Å². The topological polar surface area (TPSA) is 52.7 Å². The molecule has 1 saturated heterocycles. The SMILES string of the molecule is CC1(C(=O)N2CCN(Cc3cccc(F)c3)CC2)Sc2ccccc2NC1=O. The summed E-state index contributed by atoms with van der Waals surface area (Å²) < 4.78 is 12.2. The lowest BCUT2D eigenvalue weighted by Gasteiger charge is -2.40. The molecule has 2 aromatic carbocycles. The van der Waals surface area contributed by atoms with Crippen molar-refractivity contribution in [2.24, 2.45) is 0 Å². The van der Waals surface area contributed by atoms with Crippen LogP contribution in [0.25, 0.3) is 0 Å². The van der Waals surface area contributed by atoms with Crippen molar-refractivity contribution in [2.45, 2.75) is 23.1 Å². The molecule has 2 aliphatic heterocycles. The van der Waals surface area contributed by atoms with Gasteiger partial charge in [-0.3, -0.25) is 14.5 Å². The van der Waals surface area contributed by atoms with Crippen LogP contribution in [0.3, 0.4) is 0 Å². The fourth-order valence-corrected chi connectivity index (χ4v) is 4.79. The van der Waals surface area contributed by atoms with Gasteiger partial charge in [-0.1, -0.05) is 36.0 Å². The molecule has 1 atom stereocenters. The average molecular weight is 399 g/mol. The second-order valence-electron chi connectivity index (χ2n) is 7.28. The van der Waals surface area contributed by atoms with Crippen molar-refractivity contribution in [3.63, 3.8) is 0 Å². The molecule has 146 valence electrons. The summed E-state index contributed by atoms with van der Waals surface area (Å²) in [6, 6.07) is 14.1. The Labute approximate surface area is 167 Å². The van der Waals surface area contributed by atoms with Crippen molar-refractivity contribution in [3.05, 3.63) is 59.9 Å². The lowest BCUT2D eigenvalue weighted by Crippen LogP contribution is -2.58. The summed E-state index contributed by atoms with van der Waals surface area (Å²) >= 11 is 1.32. The van der Waals surface area contributed by atoms with Crippen LogP contribution in [-0.4, -0.2) is 52.5 Å². The minimum atomic E-state index is -1.17. The molecule has 0 spiro atoms. The van der Waals surface area contributed by atoms with Crippen LogP contribution < -0.4 is 5.32 Å². The van der Waals surface area contributed by atoms with Crippen LogP contribution in [0.4, 0.5) is 10.1 Å². The smallest absolute Gasteiger partial charge is 0.250 e. The number of hydrogen-bond acceptors (Lipinski definition) is 4. The highest BCUT2D eigenvalue weighted by molar-refractivity contribution is 8.02. The summed E-state index contributed by atoms with van der Waals surface area (Å²) in [5, 5.41) is 2.86. The molecule has 2 amide bonds. The highest BCUT2D eigenvalue weighted by Gasteiger charge is 2.48. The Balaban J connectivity index is 1.40. The molecule has 0 radical (unpaired) electrons. The molecule has 1 N–H and O–H groups in total. The number of benzene rings is 2. The number of nitrogens with one attached hydrogen (secondary N) is 1. The molecule has 0 bridgehead atoms. The quantitative estimate of drug-likeness (QED) is 0.807. The first kappa shape index (κ1) is 19.0. The first-order valence-corrected chi connectivity index (χ1v) is 10.1. The van der Waals surface area contributed by atoms with Gasteiger partial charge in [0, 0.05) is 37.6 Å². The van der Waals surface area contributed by atoms with E-state index in [4.69, 9.17) is 0 Å². The number of piperazine rings is 1. The van der Waals surface area contributed by atoms with Gasteiger partial charge < -0.3 is 10.2 Å². The zero-order chi connectivity index (χ0) is 19.7. The number of carbonyl (C=O) groups excluding carboxylic acids is 2. The molecule has 28 heavy (non-hydrogen) atoms. The molecule has 2 aliphatic rings. The van der Waals surface area contributed by atoms with E-state index in [-0.39, 0.29) is 17.6 Å². The van der Waals surface area contributed by atoms with Gasteiger partial charge in [-0.25, -0.2) is 4.39 Å². The van der Waals surface area contributed by atoms with E-state index in [1.807, 2.05) is 30.3 Å². The van der Waals surface area contributed by atoms with Gasteiger partial charge in [0.05, 0.1) is 5.69 Å². The molecular formula is C21H22FN3O2S. The number of para-hydroxylation sites is 1. The Bertz CT molecular complexity index is 914. The van der Waals surface area contributed by atoms with Crippen LogP contribution >= 0.6 is 11.8 Å². The highest BCUT2D eigenvalue weighted by Crippen LogP contribution is 2.43. The number of anilines is 1. The lowest BCUT2D eigenvalue weighted by molar-refractivity contribution is -0.139. The number of fused-ring (bicyclic) bond motifs is 1. The zero-order valence-electron chi connectivity index (χ0n) is 15.7. The fourth-order valence-electron chi connectivity index (χ4n) is 3.61. The number of hydrogen-bond donors (Lipinski definition) is 1. The van der Waals surface area contributed by atoms with E-state index in [1.165, 1.54) is 17.8 Å². The third kappa shape index (κ3) is 3.64. The monoisotopic (exact) mass is 399 g/mol. The molecule has 2 heterocycles. The van der Waals surface area contributed by atoms with E-state index in [2.05, 4.69) is 10.2 Å². The van der Waals surface area contributed by atoms with Crippen molar-refractivity contribution in [2.75, 3.05) is 31.5 Å². The van der Waals surface area contributed by atoms with Gasteiger partial charge in [-0.15, -0.1) is 0 Å². The van der Waals surface area contributed by atoms with Crippen molar-refractivity contribution in [3.8, 4) is 0 Å². The standard InChI is InChI=1S/C21H22FN3O2S/c1-21(19(26)23-17-7-2-3-8-18(17)28-21)20(27)25-11-9-24(10-12-25)14-15-5-4-6-16(22)13-15/h2-8,13H,9-12,14H2,1H3,(H,23,26). The summed E-state index contributed by atoms with van der Waals surface area (Å²) in [6.07, 6.45) is 0. The van der Waals surface area contributed by atoms with Crippen LogP contribution in [0.2, 0.25) is 0 Å². The van der Waals surface area contributed by atoms with E-state index in [9.17, 15) is 14.0 Å². The largest absolute Gasteiger partial charge is 0.338 e. The maximum atomic E-state index is 13.4. The van der Waals surface area contributed by atoms with Crippen LogP contribution in [0.5, 0.6) is 0 Å². The van der Waals surface area contributed by atoms with Crippen molar-refractivity contribution >= 4 is 29.3 Å². The summed E-state index contributed by atoms with van der Waals surface area (Å²) in [6.45, 7) is 4.85. The van der Waals surface area contributed by atoms with Crippen molar-refractivity contribution in [1.29, 1.82) is 0 Å². The minimum Gasteiger partial charge on any atom is -0.338 e. The summed E-state index contributed by atoms with van der Waals surface area (Å²) in [5.74, 6) is -0.668. The number of carbonyl (C=O) groups is 2. The summed E-state index contributed by atoms with van der Waals surface area (Å²) in [7, 11) is 0. The number of nitrogens with zero attached hydrogens (tertiary/aromatic N) is 2. The van der Waals surface area contributed by atoms with Gasteiger partial charge >= 0.3 is 0 Å². The second-order valence-corrected chi connectivity index (χ2v) is 8.74. The van der Waals surface area contributed by atoms with E-state index < -0.39 is 4.75 Å². The Morgan fingerprint density at radius 2 is 1.89 bits per heavy atom. The molecular weight excluding hydrogens is 377 g/mol. The van der Waals surface area contributed by atoms with Crippen molar-refractivity contribution < 1.29 is 14.0 Å². The van der Waals surface area contributed by atoms with E-state index in [0.29, 0.717) is 32.7 Å². The van der Waals surface area contributed by atoms with Gasteiger partial charge in [-0.05, 0) is 36.8 Å². The van der Waals surface area contributed by atoms with E-state index >= 15 is 0 Å². The molecule has 1 fully saturated rings. The molecule has 0 aliphatic carbocycles. The molecule has 5 nitrogen and oxygen atoms in total. The lowest BCUT2D eigenvalue weighted by atomic mass is 10.1. The second kappa shape index (κ2) is 7.56. The van der Waals surface area contributed by atoms with Crippen LogP contribution in [-0.2, 0) is 16.1 Å². The Hall–Kier alpha value is -2.38. The predicted octanol–water partition coefficient (Wildman–Crippen LogP) is 2.97. The van der Waals surface area contributed by atoms with E-state index in [0.717, 1.165) is 16.1 Å². The van der Waals surface area contributed by atoms with E-state index in [1.54, 1.807) is 24.0 Å². The highest BCUT2D eigenvalue weighted by atomic mass is 32.2. The van der Waals surface area contributed by atoms with Gasteiger partial charge in [-0.2, -0.15) is 0 Å². The third-order valence-corrected chi connectivity index (χ3v) is 6.59. The summed E-state index contributed by atoms with van der Waals surface area (Å²) in [5.41, 5.74) is 1.67. The predicted molar refractivity (Wildman–Crippen MR) is 108 cm³/mol. The van der Waals surface area contributed by atoms with Gasteiger partial charge in [0.1, 0.15) is 5.82 Å². The summed E-state index contributed by atoms with van der Waals surface area (Å²) in [4.78, 5) is 30.7. The molecule has 1 unspecified atom stereocenters. The fraction of sp³-hybridized carbons (Fsp3) is 0.333. The normalized spacial score (nSPS) is 22.5. The first-order valence-electron chi connectivity index (χ1n) is 9.31. The Morgan fingerprint density at radius 1 is 1.14 bits per heavy atom. The number of rotatable bonds is 3. The molecule has 0 saturated carbocycles. The van der Waals surface area contributed by atoms with Crippen molar-refractivity contribution in [1.82, 2.24) is 9.80 Å². The average Bonchev–Trinajstić information content (AvgIpc) is 2.69. The molecule has 7 heteroatoms. The maximum absolute atomic E-state index is 13.4. The Kier molecular flexibility index (Phi) is 5.12. The zero-order valence-corrected chi connectivity index (χ0v) is 16.5. The number of halogens is 1. The first-order chi connectivity index (χ1) is 13.5. The third-order valence-electron chi connectivity index (χ3n) is 5.25. The molecule has 4 rings (SSSR count).